The predicted octanol–water partition coefficient (Wildman–Crippen LogP) is 25.3. The molecule has 5 fully saturated rings. The first-order valence-electron chi connectivity index (χ1n) is 45.2. The van der Waals surface area contributed by atoms with Gasteiger partial charge in [-0.25, -0.2) is 4.79 Å². The third kappa shape index (κ3) is 34.5. The minimum atomic E-state index is -0.610. The molecule has 2 bridgehead atoms. The molecule has 19 nitrogen and oxygen atoms in total. The molecule has 0 spiro atoms. The highest BCUT2D eigenvalue weighted by molar-refractivity contribution is 5.81. The van der Waals surface area contributed by atoms with E-state index in [9.17, 15) is 39.0 Å². The average molecular weight is 1680 g/mol. The van der Waals surface area contributed by atoms with E-state index in [1.54, 1.807) is 32.0 Å². The van der Waals surface area contributed by atoms with Crippen LogP contribution in [-0.4, -0.2) is 111 Å². The van der Waals surface area contributed by atoms with Crippen LogP contribution in [0.2, 0.25) is 0 Å². The van der Waals surface area contributed by atoms with Gasteiger partial charge in [-0.2, -0.15) is 0 Å². The number of aromatic hydroxyl groups is 3. The largest absolute Gasteiger partial charge is 0.508 e. The number of cyclic esters (lactones) is 1. The highest BCUT2D eigenvalue weighted by atomic mass is 16.6. The molecule has 2 heterocycles. The summed E-state index contributed by atoms with van der Waals surface area (Å²) >= 11 is 0. The molecule has 19 heteroatoms. The summed E-state index contributed by atoms with van der Waals surface area (Å²) in [5.41, 5.74) is 2.33. The van der Waals surface area contributed by atoms with Crippen molar-refractivity contribution in [2.24, 2.45) is 39.9 Å². The lowest BCUT2D eigenvalue weighted by Gasteiger charge is -2.42. The van der Waals surface area contributed by atoms with Gasteiger partial charge in [0.05, 0.1) is 28.6 Å². The van der Waals surface area contributed by atoms with E-state index in [0.29, 0.717) is 48.2 Å². The lowest BCUT2D eigenvalue weighted by molar-refractivity contribution is -0.180. The zero-order valence-electron chi connectivity index (χ0n) is 80.1. The van der Waals surface area contributed by atoms with Crippen molar-refractivity contribution in [1.29, 1.82) is 0 Å². The van der Waals surface area contributed by atoms with E-state index in [2.05, 4.69) is 190 Å². The topological polar surface area (TPSA) is 255 Å². The Kier molecular flexibility index (Phi) is 42.4. The lowest BCUT2D eigenvalue weighted by atomic mass is 9.73. The fourth-order valence-electron chi connectivity index (χ4n) is 14.0. The Morgan fingerprint density at radius 3 is 1.38 bits per heavy atom. The van der Waals surface area contributed by atoms with Crippen LogP contribution in [0.3, 0.4) is 0 Å². The van der Waals surface area contributed by atoms with Crippen LogP contribution in [0.15, 0.2) is 78.9 Å². The van der Waals surface area contributed by atoms with E-state index in [-0.39, 0.29) is 124 Å². The number of carbonyl (C=O) groups is 6. The normalized spacial score (nSPS) is 19.3. The molecule has 2 saturated heterocycles. The van der Waals surface area contributed by atoms with E-state index in [1.165, 1.54) is 54.9 Å². The number of ether oxygens (including phenoxy) is 10. The Bertz CT molecular complexity index is 3750. The zero-order valence-corrected chi connectivity index (χ0v) is 80.1. The predicted molar refractivity (Wildman–Crippen MR) is 480 cm³/mol. The molecule has 120 heavy (non-hydrogen) atoms. The van der Waals surface area contributed by atoms with Crippen molar-refractivity contribution < 1.29 is 91.5 Å². The highest BCUT2D eigenvalue weighted by Gasteiger charge is 2.63. The monoisotopic (exact) mass is 1680 g/mol. The third-order valence-corrected chi connectivity index (χ3v) is 25.0. The van der Waals surface area contributed by atoms with Gasteiger partial charge >= 0.3 is 35.8 Å². The van der Waals surface area contributed by atoms with Gasteiger partial charge in [-0.05, 0) is 307 Å². The SMILES string of the molecule is CCC(C)(C)C(=O)OC(CC)(CC)C1CCCCC1.CCC(C)(C)C(=O)OC1COC(=O)C1.CCC(C)(C)C(=O)OCC(=O)OC1C2CC3C(=O)OC1C3C2.CCC(C)c1cc(O)cc(O)c1.CCC(C)c1cc(OC(C)(C)C)cc(OC(C)(C)C)c1.CCC(C)c1ccc(OC(C)(C)CC)c(OC(C)(C)CC)c1.CCC(C)c1cccc(O)c1. The van der Waals surface area contributed by atoms with Crippen LogP contribution in [0.1, 0.15) is 383 Å². The molecule has 0 radical (unpaired) electrons. The summed E-state index contributed by atoms with van der Waals surface area (Å²) in [7, 11) is 0. The molecule has 0 amide bonds. The van der Waals surface area contributed by atoms with Crippen LogP contribution >= 0.6 is 0 Å². The molecule has 10 unspecified atom stereocenters. The molecule has 3 saturated carbocycles. The second kappa shape index (κ2) is 47.8. The standard InChI is InChI=1S/C20H34O2.C18H30O2.C17H32O2.C16H22O6.C10H16O4.C10H14O2.C10H14O/c1-9-15(4)16-12-13-17(21-19(5,6)10-2)18(14-16)22-20(7,8)11-3;1-9-13(2)14-10-15(19-17(3,4)5)12-16(11-14)20-18(6,7)8;1-6-16(4,5)15(18)19-17(7-2,8-3)14-12-10-9-11-13-14;1-4-16(2,3)15(19)20-7-11(17)21-12-8-5-9-10(6-8)14(18)22-13(9)12;1-4-10(2,3)9(12)14-7-5-8(11)13-6-7;1-3-7(2)8-4-9(11)6-10(12)5-8;1-3-8(2)9-5-4-6-10(11)7-9/h12-15H,9-11H2,1-8H3;10-13H,9H2,1-8H3;14H,6-13H2,1-5H3;8-10,12-13H,4-7H2,1-3H3;7H,4-6H2,1-3H3;4-7,11-12H,3H2,1-2H3;4-8,11H,3H2,1-2H3. The van der Waals surface area contributed by atoms with Crippen LogP contribution in [0.5, 0.6) is 40.2 Å². The summed E-state index contributed by atoms with van der Waals surface area (Å²) in [5, 5.41) is 27.5. The maximum atomic E-state index is 12.4. The third-order valence-electron chi connectivity index (χ3n) is 25.0. The van der Waals surface area contributed by atoms with Crippen molar-refractivity contribution >= 4 is 35.8 Å². The molecule has 0 aromatic heterocycles. The van der Waals surface area contributed by atoms with Crippen LogP contribution in [-0.2, 0) is 57.2 Å². The van der Waals surface area contributed by atoms with Crippen LogP contribution < -0.4 is 18.9 Å². The Morgan fingerprint density at radius 2 is 0.925 bits per heavy atom. The molecule has 4 aromatic rings. The summed E-state index contributed by atoms with van der Waals surface area (Å²) < 4.78 is 56.2. The first kappa shape index (κ1) is 106. The Balaban J connectivity index is 0.000000366. The van der Waals surface area contributed by atoms with Crippen molar-refractivity contribution in [3.8, 4) is 40.2 Å². The molecule has 4 aromatic carbocycles. The van der Waals surface area contributed by atoms with Gasteiger partial charge in [0.15, 0.2) is 18.1 Å². The first-order valence-corrected chi connectivity index (χ1v) is 45.2. The molecule has 3 aliphatic carbocycles. The van der Waals surface area contributed by atoms with Gasteiger partial charge in [0.25, 0.3) is 0 Å². The number of hydrogen-bond donors (Lipinski definition) is 3. The molecule has 680 valence electrons. The smallest absolute Gasteiger partial charge is 0.344 e. The molecular formula is C101H162O19. The second-order valence-corrected chi connectivity index (χ2v) is 39.0. The number of esters is 6. The zero-order chi connectivity index (χ0) is 91.3. The van der Waals surface area contributed by atoms with Gasteiger partial charge in [-0.15, -0.1) is 0 Å². The Morgan fingerprint density at radius 1 is 0.467 bits per heavy atom. The molecule has 2 aliphatic heterocycles. The minimum Gasteiger partial charge on any atom is -0.508 e. The van der Waals surface area contributed by atoms with Gasteiger partial charge < -0.3 is 62.7 Å². The summed E-state index contributed by atoms with van der Waals surface area (Å²) in [6, 6.07) is 24.8. The van der Waals surface area contributed by atoms with E-state index < -0.39 is 22.8 Å². The molecule has 5 aliphatic rings. The number of hydrogen-bond acceptors (Lipinski definition) is 19. The molecule has 9 rings (SSSR count). The summed E-state index contributed by atoms with van der Waals surface area (Å²) in [6.45, 7) is 63.7. The molecule has 10 atom stereocenters. The van der Waals surface area contributed by atoms with E-state index in [1.807, 2.05) is 65.8 Å². The lowest BCUT2D eigenvalue weighted by Crippen LogP contribution is -2.45. The fourth-order valence-corrected chi connectivity index (χ4v) is 14.0. The van der Waals surface area contributed by atoms with Gasteiger partial charge in [-0.1, -0.05) is 141 Å². The Hall–Kier alpha value is -7.70. The number of benzene rings is 4. The molecule has 3 N–H and O–H groups in total. The van der Waals surface area contributed by atoms with Gasteiger partial charge in [0, 0.05) is 24.0 Å². The summed E-state index contributed by atoms with van der Waals surface area (Å²) in [6.07, 6.45) is 17.4. The van der Waals surface area contributed by atoms with Crippen molar-refractivity contribution in [2.45, 2.75) is 407 Å². The Labute approximate surface area is 724 Å². The average Bonchev–Trinajstić information content (AvgIpc) is 1.58. The van der Waals surface area contributed by atoms with Crippen molar-refractivity contribution in [2.75, 3.05) is 13.2 Å². The quantitative estimate of drug-likeness (QED) is 0.0324. The van der Waals surface area contributed by atoms with Crippen LogP contribution in [0.25, 0.3) is 0 Å². The number of carbonyl (C=O) groups excluding carboxylic acids is 6. The second-order valence-electron chi connectivity index (χ2n) is 39.0. The van der Waals surface area contributed by atoms with Gasteiger partial charge in [0.2, 0.25) is 0 Å². The van der Waals surface area contributed by atoms with E-state index >= 15 is 0 Å². The number of phenols is 3. The van der Waals surface area contributed by atoms with Crippen LogP contribution in [0.4, 0.5) is 0 Å². The number of fused-ring (bicyclic) bond motifs is 1. The van der Waals surface area contributed by atoms with Crippen molar-refractivity contribution in [3.05, 3.63) is 101 Å². The van der Waals surface area contributed by atoms with Gasteiger partial charge in [0.1, 0.15) is 81.7 Å². The summed E-state index contributed by atoms with van der Waals surface area (Å²) in [5.74, 6) is 5.29. The maximum absolute atomic E-state index is 12.4. The van der Waals surface area contributed by atoms with E-state index in [0.717, 1.165) is 99.2 Å². The number of phenolic OH excluding ortho intramolecular Hbond substituents is 3. The maximum Gasteiger partial charge on any atom is 0.344 e. The van der Waals surface area contributed by atoms with Crippen molar-refractivity contribution in [3.63, 3.8) is 0 Å². The van der Waals surface area contributed by atoms with Crippen molar-refractivity contribution in [1.82, 2.24) is 0 Å². The number of rotatable bonds is 30. The minimum absolute atomic E-state index is 0.00636. The summed E-state index contributed by atoms with van der Waals surface area (Å²) in [4.78, 5) is 70.2. The highest BCUT2D eigenvalue weighted by Crippen LogP contribution is 2.55. The molecular weight excluding hydrogens is 1520 g/mol. The fraction of sp³-hybridized carbons (Fsp3) is 0.703. The van der Waals surface area contributed by atoms with E-state index in [4.69, 9.17) is 52.5 Å². The van der Waals surface area contributed by atoms with Gasteiger partial charge in [-0.3, -0.25) is 24.0 Å². The first-order chi connectivity index (χ1) is 55.7. The van der Waals surface area contributed by atoms with Crippen LogP contribution in [0, 0.1) is 39.9 Å².